The molecule has 0 spiro atoms. The van der Waals surface area contributed by atoms with Gasteiger partial charge in [0.05, 0.1) is 75.0 Å². The molecule has 0 aliphatic rings. The minimum atomic E-state index is -4.05. The van der Waals surface area contributed by atoms with Crippen LogP contribution in [-0.4, -0.2) is 234 Å². The van der Waals surface area contributed by atoms with Crippen molar-refractivity contribution >= 4 is 109 Å². The zero-order chi connectivity index (χ0) is 85.1. The molecule has 0 aromatic heterocycles. The zero-order valence-electron chi connectivity index (χ0n) is 60.8. The highest BCUT2D eigenvalue weighted by atomic mass is 32.2. The number of aromatic hydroxyl groups is 1. The SMILES string of the molecule is CN(C)CC[C@H](CO)Oc1ccc(S(N)(=O)=O)cc1[N+](=O)[O-].CN(C)CC[C@H](COP)Oc1ccc(S(N)(=O)=O)cc1[N+](=O)[O-].CN(C)CC[C@H](CSc1ccccc1)Oc1ccc(S(N)(=O)=O)cc1[N+](=O)[O-].CN(C)CC[C@H](O)COP.NS(=O)(=O)c1ccc(F)c([N+](=O)[O-])c1.NS(=O)(=O)c1ccc(O)c([N+](=O)[O-])c1. The number of hydrogen-bond donors (Lipinski definition) is 8. The molecule has 0 bridgehead atoms. The summed E-state index contributed by atoms with van der Waals surface area (Å²) in [6.07, 6.45) is 0.761. The van der Waals surface area contributed by atoms with Crippen molar-refractivity contribution in [3.8, 4) is 23.0 Å². The van der Waals surface area contributed by atoms with Crippen LogP contribution in [0.2, 0.25) is 0 Å². The minimum absolute atomic E-state index is 0.0230. The summed E-state index contributed by atoms with van der Waals surface area (Å²) in [6, 6.07) is 24.3. The van der Waals surface area contributed by atoms with Crippen molar-refractivity contribution in [2.75, 3.05) is 108 Å². The second-order valence-electron chi connectivity index (χ2n) is 23.9. The normalized spacial score (nSPS) is 12.6. The summed E-state index contributed by atoms with van der Waals surface area (Å²) in [5, 5.41) is 106. The highest BCUT2D eigenvalue weighted by molar-refractivity contribution is 7.99. The van der Waals surface area contributed by atoms with Crippen LogP contribution < -0.4 is 39.9 Å². The number of nitro benzene ring substituents is 5. The maximum atomic E-state index is 12.7. The average molecular weight is 1730 g/mol. The summed E-state index contributed by atoms with van der Waals surface area (Å²) in [4.78, 5) is 57.1. The molecule has 0 radical (unpaired) electrons. The van der Waals surface area contributed by atoms with Gasteiger partial charge < -0.3 is 58.2 Å². The molecule has 6 aromatic rings. The third kappa shape index (κ3) is 39.8. The van der Waals surface area contributed by atoms with E-state index in [2.05, 4.69) is 23.5 Å². The predicted molar refractivity (Wildman–Crippen MR) is 411 cm³/mol. The fraction of sp³-hybridized carbons (Fsp3) is 0.400. The number of phenols is 1. The molecule has 0 saturated carbocycles. The molecule has 0 fully saturated rings. The molecule has 0 aliphatic heterocycles. The van der Waals surface area contributed by atoms with Crippen LogP contribution in [0.1, 0.15) is 25.7 Å². The Kier molecular flexibility index (Phi) is 43.7. The number of rotatable bonds is 36. The number of thioether (sulfide) groups is 1. The van der Waals surface area contributed by atoms with Crippen molar-refractivity contribution in [1.29, 1.82) is 0 Å². The molecule has 0 saturated heterocycles. The third-order valence-electron chi connectivity index (χ3n) is 13.7. The topological polar surface area (TPSA) is 636 Å². The van der Waals surface area contributed by atoms with Crippen molar-refractivity contribution in [1.82, 2.24) is 19.6 Å². The Balaban J connectivity index is 0.000000686. The Bertz CT molecular complexity index is 4560. The number of nitro groups is 5. The van der Waals surface area contributed by atoms with Crippen molar-refractivity contribution in [2.24, 2.45) is 25.7 Å². The van der Waals surface area contributed by atoms with Crippen molar-refractivity contribution < 1.29 is 110 Å². The van der Waals surface area contributed by atoms with Gasteiger partial charge in [-0.3, -0.25) is 50.6 Å². The predicted octanol–water partition coefficient (Wildman–Crippen LogP) is 3.85. The van der Waals surface area contributed by atoms with Gasteiger partial charge in [-0.2, -0.15) is 4.39 Å². The molecule has 0 amide bonds. The molecule has 111 heavy (non-hydrogen) atoms. The van der Waals surface area contributed by atoms with Gasteiger partial charge in [0.15, 0.2) is 23.0 Å². The number of ether oxygens (including phenoxy) is 3. The van der Waals surface area contributed by atoms with Gasteiger partial charge in [0.2, 0.25) is 55.9 Å². The van der Waals surface area contributed by atoms with Crippen LogP contribution in [0, 0.1) is 56.4 Å². The fourth-order valence-corrected chi connectivity index (χ4v) is 12.2. The molecular weight excluding hydrogens is 1640 g/mol. The largest absolute Gasteiger partial charge is 0.502 e. The maximum Gasteiger partial charge on any atom is 0.312 e. The van der Waals surface area contributed by atoms with E-state index in [0.717, 1.165) is 72.9 Å². The number of nitrogens with two attached hydrogens (primary N) is 5. The lowest BCUT2D eigenvalue weighted by atomic mass is 10.2. The monoisotopic (exact) mass is 1730 g/mol. The summed E-state index contributed by atoms with van der Waals surface area (Å²) in [6.45, 7) is 3.25. The lowest BCUT2D eigenvalue weighted by Gasteiger charge is -2.21. The van der Waals surface area contributed by atoms with Gasteiger partial charge in [-0.15, -0.1) is 11.8 Å². The number of benzene rings is 6. The van der Waals surface area contributed by atoms with E-state index in [4.69, 9.17) is 54.6 Å². The fourth-order valence-electron chi connectivity index (χ4n) is 8.09. The maximum absolute atomic E-state index is 12.7. The summed E-state index contributed by atoms with van der Waals surface area (Å²) < 4.78 is 151. The number of sulfonamides is 5. The molecule has 6 aromatic carbocycles. The average Bonchev–Trinajstić information content (AvgIpc) is 0.835. The lowest BCUT2D eigenvalue weighted by Crippen LogP contribution is -2.27. The van der Waals surface area contributed by atoms with Gasteiger partial charge in [-0.05, 0) is 155 Å². The van der Waals surface area contributed by atoms with Gasteiger partial charge in [0.25, 0.3) is 0 Å². The number of phenolic OH excluding ortho intramolecular Hbond substituents is 1. The third-order valence-corrected chi connectivity index (χ3v) is 19.8. The Labute approximate surface area is 648 Å². The second-order valence-corrected chi connectivity index (χ2v) is 33.4. The molecule has 42 nitrogen and oxygen atoms in total. The van der Waals surface area contributed by atoms with Crippen LogP contribution >= 0.6 is 30.7 Å². The first-order chi connectivity index (χ1) is 51.3. The van der Waals surface area contributed by atoms with E-state index in [1.165, 1.54) is 24.3 Å². The first kappa shape index (κ1) is 101. The number of aliphatic hydroxyl groups excluding tert-OH is 2. The quantitative estimate of drug-likeness (QED) is 0.0120. The van der Waals surface area contributed by atoms with Crippen LogP contribution in [0.4, 0.5) is 32.8 Å². The summed E-state index contributed by atoms with van der Waals surface area (Å²) in [5.41, 5.74) is -3.02. The number of hydrogen-bond acceptors (Lipinski definition) is 33. The summed E-state index contributed by atoms with van der Waals surface area (Å²) >= 11 is 1.59. The highest BCUT2D eigenvalue weighted by Gasteiger charge is 2.28. The van der Waals surface area contributed by atoms with Crippen molar-refractivity contribution in [2.45, 2.75) is 79.5 Å². The van der Waals surface area contributed by atoms with Crippen LogP contribution in [0.15, 0.2) is 151 Å². The van der Waals surface area contributed by atoms with E-state index in [-0.39, 0.29) is 57.4 Å². The molecule has 51 heteroatoms. The van der Waals surface area contributed by atoms with Crippen molar-refractivity contribution in [3.63, 3.8) is 0 Å². The zero-order valence-corrected chi connectivity index (χ0v) is 68.0. The molecule has 620 valence electrons. The van der Waals surface area contributed by atoms with Crippen molar-refractivity contribution in [3.05, 3.63) is 178 Å². The molecular formula is C60H89FN14O28P2S6. The van der Waals surface area contributed by atoms with Gasteiger partial charge in [-0.25, -0.2) is 67.8 Å². The van der Waals surface area contributed by atoms with Gasteiger partial charge >= 0.3 is 28.4 Å². The second kappa shape index (κ2) is 48.1. The first-order valence-corrected chi connectivity index (χ1v) is 41.0. The van der Waals surface area contributed by atoms with E-state index in [1.54, 1.807) is 11.8 Å². The van der Waals surface area contributed by atoms with Crippen LogP contribution in [0.25, 0.3) is 0 Å². The Morgan fingerprint density at radius 2 is 0.730 bits per heavy atom. The highest BCUT2D eigenvalue weighted by Crippen LogP contribution is 2.35. The molecule has 13 N–H and O–H groups in total. The van der Waals surface area contributed by atoms with E-state index >= 15 is 0 Å². The van der Waals surface area contributed by atoms with Crippen LogP contribution in [0.3, 0.4) is 0 Å². The summed E-state index contributed by atoms with van der Waals surface area (Å²) in [5.74, 6) is -1.26. The molecule has 0 heterocycles. The number of halogens is 1. The van der Waals surface area contributed by atoms with Crippen LogP contribution in [0.5, 0.6) is 23.0 Å². The van der Waals surface area contributed by atoms with E-state index < -0.39 is 137 Å². The Hall–Kier alpha value is -8.11. The Morgan fingerprint density at radius 3 is 1.06 bits per heavy atom. The standard InChI is InChI=1S/C18H23N3O5S2.C12H20N3O6PS.C12H19N3O6S.C6H5FN2O4S.C6H6N2O5S.C6H16NO2P/c1-20(2)11-10-14(13-27-15-6-4-3-5-7-15)26-18-9-8-16(28(19,24)25)12-17(18)21(22)23;1-14(2)6-5-9(8-20-22)21-12-4-3-10(23(13,18)19)7-11(12)15(16)17;1-14(2)6-5-9(8-16)21-12-4-3-10(22(13,19)20)7-11(12)15(17)18;7-5-2-1-4(14(8,12)13)3-6(5)9(10)11;7-14(12,13)4-1-2-6(9)5(3-4)8(10)11;1-7(2)4-3-6(8)5-9-10/h3-9,12,14H,10-11,13H2,1-2H3,(H2,19,24,25);3-4,7,9H,5-6,8,22H2,1-2H3,(H2,13,18,19);3-4,7,9,16H,5-6,8H2,1-2H3,(H2,13,19,20);1-3H,(H2,8,12,13);1-3,9H,(H2,7,12,13);6,8H,3-5,10H2,1-2H3/t14-;2*9-;;;6-/m111..0/s1. The number of primary sulfonamides is 5. The first-order valence-electron chi connectivity index (χ1n) is 31.4. The van der Waals surface area contributed by atoms with E-state index in [0.29, 0.717) is 62.9 Å². The number of nitrogens with zero attached hydrogens (tertiary/aromatic N) is 9. The van der Waals surface area contributed by atoms with Crippen LogP contribution in [-0.2, 0) is 59.2 Å². The molecule has 6 atom stereocenters. The molecule has 0 aliphatic carbocycles. The van der Waals surface area contributed by atoms with Gasteiger partial charge in [0.1, 0.15) is 18.3 Å². The van der Waals surface area contributed by atoms with Gasteiger partial charge in [0, 0.05) is 86.1 Å². The van der Waals surface area contributed by atoms with E-state index in [1.807, 2.05) is 106 Å². The smallest absolute Gasteiger partial charge is 0.312 e. The molecule has 2 unspecified atom stereocenters. The Morgan fingerprint density at radius 1 is 0.432 bits per heavy atom. The minimum Gasteiger partial charge on any atom is -0.502 e. The molecule has 6 rings (SSSR count). The summed E-state index contributed by atoms with van der Waals surface area (Å²) in [7, 11) is -0.637. The van der Waals surface area contributed by atoms with Gasteiger partial charge in [-0.1, -0.05) is 18.2 Å². The number of aliphatic hydroxyl groups is 2. The lowest BCUT2D eigenvalue weighted by molar-refractivity contribution is -0.387. The van der Waals surface area contributed by atoms with E-state index in [9.17, 15) is 102 Å².